The summed E-state index contributed by atoms with van der Waals surface area (Å²) in [5.74, 6) is 0.426. The maximum absolute atomic E-state index is 12.6. The van der Waals surface area contributed by atoms with Gasteiger partial charge in [0.15, 0.2) is 0 Å². The van der Waals surface area contributed by atoms with Crippen molar-refractivity contribution in [3.8, 4) is 0 Å². The van der Waals surface area contributed by atoms with Gasteiger partial charge < -0.3 is 4.84 Å². The van der Waals surface area contributed by atoms with Gasteiger partial charge in [0.05, 0.1) is 17.1 Å². The molecule has 1 saturated heterocycles. The lowest BCUT2D eigenvalue weighted by Gasteiger charge is -2.44. The molecule has 0 saturated carbocycles. The minimum atomic E-state index is -3.81. The molecule has 30 heavy (non-hydrogen) atoms. The van der Waals surface area contributed by atoms with Crippen LogP contribution in [0.2, 0.25) is 0 Å². The van der Waals surface area contributed by atoms with Crippen molar-refractivity contribution < 1.29 is 18.0 Å². The summed E-state index contributed by atoms with van der Waals surface area (Å²) in [5.41, 5.74) is 5.44. The fraction of sp³-hybridized carbons (Fsp3) is 0.250. The molecule has 0 spiro atoms. The SMILES string of the molecule is CC1=C(C)ON(NS(=O)(=O)c2ccc(NN3C(=O)C(Cl)C3c3ccccc3)cc2)C1. The van der Waals surface area contributed by atoms with Crippen molar-refractivity contribution in [1.29, 1.82) is 0 Å². The molecule has 2 aromatic carbocycles. The summed E-state index contributed by atoms with van der Waals surface area (Å²) in [6.45, 7) is 3.99. The number of hydrogen-bond donors (Lipinski definition) is 2. The highest BCUT2D eigenvalue weighted by Crippen LogP contribution is 2.38. The molecule has 158 valence electrons. The third-order valence-corrected chi connectivity index (χ3v) is 6.80. The number of carbonyl (C=O) groups excluding carboxylic acids is 1. The lowest BCUT2D eigenvalue weighted by Crippen LogP contribution is -2.58. The number of amides is 1. The highest BCUT2D eigenvalue weighted by atomic mass is 35.5. The van der Waals surface area contributed by atoms with Crippen molar-refractivity contribution in [1.82, 2.24) is 15.0 Å². The molecule has 0 radical (unpaired) electrons. The molecule has 2 aliphatic heterocycles. The number of rotatable bonds is 6. The van der Waals surface area contributed by atoms with Gasteiger partial charge in [-0.1, -0.05) is 35.5 Å². The van der Waals surface area contributed by atoms with Gasteiger partial charge in [-0.2, -0.15) is 0 Å². The van der Waals surface area contributed by atoms with Crippen molar-refractivity contribution in [2.45, 2.75) is 30.2 Å². The number of β-lactam (4-membered cyclic amide) rings is 1. The molecule has 8 nitrogen and oxygen atoms in total. The van der Waals surface area contributed by atoms with Gasteiger partial charge in [0.1, 0.15) is 17.2 Å². The number of carbonyl (C=O) groups is 1. The number of hydrogen-bond acceptors (Lipinski definition) is 6. The first-order chi connectivity index (χ1) is 14.3. The van der Waals surface area contributed by atoms with Crippen LogP contribution in [0, 0.1) is 0 Å². The van der Waals surface area contributed by atoms with Crippen LogP contribution in [0.5, 0.6) is 0 Å². The van der Waals surface area contributed by atoms with Crippen molar-refractivity contribution in [3.05, 3.63) is 71.5 Å². The van der Waals surface area contributed by atoms with Gasteiger partial charge in [0.2, 0.25) is 0 Å². The Morgan fingerprint density at radius 2 is 1.73 bits per heavy atom. The van der Waals surface area contributed by atoms with E-state index >= 15 is 0 Å². The number of benzene rings is 2. The van der Waals surface area contributed by atoms with Gasteiger partial charge in [0, 0.05) is 0 Å². The van der Waals surface area contributed by atoms with E-state index < -0.39 is 15.4 Å². The molecular weight excluding hydrogens is 428 g/mol. The number of allylic oxidation sites excluding steroid dienone is 1. The predicted octanol–water partition coefficient (Wildman–Crippen LogP) is 2.94. The Bertz CT molecular complexity index is 1080. The number of alkyl halides is 1. The average molecular weight is 449 g/mol. The molecule has 0 aliphatic carbocycles. The molecule has 1 fully saturated rings. The van der Waals surface area contributed by atoms with Crippen LogP contribution in [0.4, 0.5) is 5.69 Å². The number of hydrazine groups is 2. The Morgan fingerprint density at radius 1 is 1.07 bits per heavy atom. The van der Waals surface area contributed by atoms with Crippen molar-refractivity contribution in [2.75, 3.05) is 12.0 Å². The number of nitrogens with one attached hydrogen (secondary N) is 2. The van der Waals surface area contributed by atoms with E-state index in [1.54, 1.807) is 19.1 Å². The van der Waals surface area contributed by atoms with Crippen LogP contribution >= 0.6 is 11.6 Å². The molecule has 2 aliphatic rings. The molecule has 2 atom stereocenters. The van der Waals surface area contributed by atoms with Crippen LogP contribution in [0.1, 0.15) is 25.5 Å². The molecule has 0 bridgehead atoms. The van der Waals surface area contributed by atoms with Crippen molar-refractivity contribution >= 4 is 33.2 Å². The molecule has 2 unspecified atom stereocenters. The number of anilines is 1. The van der Waals surface area contributed by atoms with E-state index in [0.717, 1.165) is 11.1 Å². The summed E-state index contributed by atoms with van der Waals surface area (Å²) in [6.07, 6.45) is 0. The number of hydroxylamine groups is 1. The maximum atomic E-state index is 12.6. The molecule has 4 rings (SSSR count). The van der Waals surface area contributed by atoms with Gasteiger partial charge in [-0.15, -0.1) is 16.4 Å². The summed E-state index contributed by atoms with van der Waals surface area (Å²) in [7, 11) is -3.81. The third-order valence-electron chi connectivity index (χ3n) is 5.03. The lowest BCUT2D eigenvalue weighted by molar-refractivity contribution is -0.143. The Balaban J connectivity index is 1.44. The number of nitrogens with zero attached hydrogens (tertiary/aromatic N) is 2. The fourth-order valence-corrected chi connectivity index (χ4v) is 4.57. The van der Waals surface area contributed by atoms with Crippen LogP contribution < -0.4 is 10.3 Å². The molecular formula is C20H21ClN4O4S. The van der Waals surface area contributed by atoms with Gasteiger partial charge >= 0.3 is 0 Å². The zero-order valence-corrected chi connectivity index (χ0v) is 17.9. The highest BCUT2D eigenvalue weighted by Gasteiger charge is 2.47. The summed E-state index contributed by atoms with van der Waals surface area (Å²) in [4.78, 5) is 20.1. The van der Waals surface area contributed by atoms with E-state index in [9.17, 15) is 13.2 Å². The Labute approximate surface area is 180 Å². The molecule has 0 aromatic heterocycles. The quantitative estimate of drug-likeness (QED) is 0.521. The van der Waals surface area contributed by atoms with Gasteiger partial charge in [-0.05, 0) is 49.2 Å². The van der Waals surface area contributed by atoms with E-state index in [0.29, 0.717) is 18.0 Å². The zero-order chi connectivity index (χ0) is 21.5. The minimum Gasteiger partial charge on any atom is -0.395 e. The van der Waals surface area contributed by atoms with Crippen LogP contribution in [0.15, 0.2) is 70.8 Å². The average Bonchev–Trinajstić information content (AvgIpc) is 3.04. The first-order valence-electron chi connectivity index (χ1n) is 9.29. The molecule has 2 heterocycles. The standard InChI is InChI=1S/C20H21ClN4O4S/c1-13-12-24(29-14(13)2)23-30(27,28)17-10-8-16(9-11-17)22-25-19(18(21)20(25)26)15-6-4-3-5-7-15/h3-11,18-19,22-23H,12H2,1-2H3. The zero-order valence-electron chi connectivity index (χ0n) is 16.4. The van der Waals surface area contributed by atoms with Crippen LogP contribution in [0.3, 0.4) is 0 Å². The normalized spacial score (nSPS) is 22.1. The Morgan fingerprint density at radius 3 is 2.33 bits per heavy atom. The first-order valence-corrected chi connectivity index (χ1v) is 11.2. The molecule has 10 heteroatoms. The van der Waals surface area contributed by atoms with E-state index in [4.69, 9.17) is 16.4 Å². The Kier molecular flexibility index (Phi) is 5.46. The predicted molar refractivity (Wildman–Crippen MR) is 112 cm³/mol. The Hall–Kier alpha value is -2.59. The number of halogens is 1. The minimum absolute atomic E-state index is 0.0728. The van der Waals surface area contributed by atoms with Crippen molar-refractivity contribution in [3.63, 3.8) is 0 Å². The maximum Gasteiger partial charge on any atom is 0.262 e. The molecule has 1 amide bonds. The second-order valence-electron chi connectivity index (χ2n) is 7.16. The second-order valence-corrected chi connectivity index (χ2v) is 9.29. The monoisotopic (exact) mass is 448 g/mol. The fourth-order valence-electron chi connectivity index (χ4n) is 3.23. The van der Waals surface area contributed by atoms with E-state index in [1.807, 2.05) is 37.3 Å². The van der Waals surface area contributed by atoms with E-state index in [2.05, 4.69) is 10.3 Å². The van der Waals surface area contributed by atoms with Crippen molar-refractivity contribution in [2.24, 2.45) is 0 Å². The third kappa shape index (κ3) is 3.89. The highest BCUT2D eigenvalue weighted by molar-refractivity contribution is 7.89. The first kappa shape index (κ1) is 20.7. The smallest absolute Gasteiger partial charge is 0.262 e. The van der Waals surface area contributed by atoms with Gasteiger partial charge in [0.25, 0.3) is 15.9 Å². The largest absolute Gasteiger partial charge is 0.395 e. The van der Waals surface area contributed by atoms with Crippen LogP contribution in [0.25, 0.3) is 0 Å². The summed E-state index contributed by atoms with van der Waals surface area (Å²) >= 11 is 6.21. The van der Waals surface area contributed by atoms with Gasteiger partial charge in [-0.3, -0.25) is 10.2 Å². The lowest BCUT2D eigenvalue weighted by atomic mass is 9.95. The van der Waals surface area contributed by atoms with E-state index in [-0.39, 0.29) is 16.8 Å². The summed E-state index contributed by atoms with van der Waals surface area (Å²) < 4.78 is 25.2. The van der Waals surface area contributed by atoms with Gasteiger partial charge in [-0.25, -0.2) is 13.4 Å². The summed E-state index contributed by atoms with van der Waals surface area (Å²) in [5, 5.41) is 1.98. The number of sulfonamides is 1. The second kappa shape index (κ2) is 7.92. The summed E-state index contributed by atoms with van der Waals surface area (Å²) in [6, 6.07) is 15.2. The van der Waals surface area contributed by atoms with E-state index in [1.165, 1.54) is 22.3 Å². The molecule has 2 aromatic rings. The topological polar surface area (TPSA) is 91.0 Å². The van der Waals surface area contributed by atoms with Crippen LogP contribution in [-0.4, -0.2) is 36.4 Å². The molecule has 2 N–H and O–H groups in total. The van der Waals surface area contributed by atoms with Crippen LogP contribution in [-0.2, 0) is 19.7 Å².